The molecule has 0 bridgehead atoms. The quantitative estimate of drug-likeness (QED) is 0.451. The van der Waals surface area contributed by atoms with Crippen LogP contribution in [0.3, 0.4) is 0 Å². The van der Waals surface area contributed by atoms with Gasteiger partial charge in [0.1, 0.15) is 5.90 Å². The van der Waals surface area contributed by atoms with Crippen LogP contribution in [-0.4, -0.2) is 39.7 Å². The lowest BCUT2D eigenvalue weighted by atomic mass is 10.5. The molecule has 0 aromatic rings. The lowest BCUT2D eigenvalue weighted by molar-refractivity contribution is 0.144. The van der Waals surface area contributed by atoms with Gasteiger partial charge in [-0.2, -0.15) is 0 Å². The normalized spacial score (nSPS) is 12.3. The van der Waals surface area contributed by atoms with Crippen LogP contribution in [0.1, 0.15) is 41.5 Å². The van der Waals surface area contributed by atoms with Gasteiger partial charge < -0.3 is 18.1 Å². The van der Waals surface area contributed by atoms with E-state index in [1.807, 2.05) is 41.5 Å². The molecule has 0 aliphatic rings. The monoisotopic (exact) mass is 311 g/mol. The minimum absolute atomic E-state index is 0. The molecular weight excluding hydrogens is 285 g/mol. The zero-order valence-corrected chi connectivity index (χ0v) is 14.6. The van der Waals surface area contributed by atoms with Gasteiger partial charge >= 0.3 is 7.60 Å². The van der Waals surface area contributed by atoms with Gasteiger partial charge in [0, 0.05) is 8.41 Å². The van der Waals surface area contributed by atoms with Crippen LogP contribution in [0, 0.1) is 0 Å². The van der Waals surface area contributed by atoms with Crippen molar-refractivity contribution in [1.29, 1.82) is 0 Å². The summed E-state index contributed by atoms with van der Waals surface area (Å²) in [5, 5.41) is 0. The Morgan fingerprint density at radius 1 is 0.947 bits per heavy atom. The summed E-state index contributed by atoms with van der Waals surface area (Å²) < 4.78 is 34.4. The number of hydrogen-bond donors (Lipinski definition) is 0. The van der Waals surface area contributed by atoms with Gasteiger partial charge in [0.25, 0.3) is 0 Å². The van der Waals surface area contributed by atoms with Crippen molar-refractivity contribution in [3.8, 4) is 0 Å². The highest BCUT2D eigenvalue weighted by molar-refractivity contribution is 7.68. The van der Waals surface area contributed by atoms with Gasteiger partial charge in [-0.3, -0.25) is 4.57 Å². The molecule has 19 heavy (non-hydrogen) atoms. The zero-order chi connectivity index (χ0) is 14.2. The second kappa shape index (κ2) is 11.2. The second-order valence-electron chi connectivity index (χ2n) is 4.23. The summed E-state index contributed by atoms with van der Waals surface area (Å²) in [6.07, 6.45) is -0.315. The molecule has 0 atom stereocenters. The molecular formula is C11H26BO5P2. The lowest BCUT2D eigenvalue weighted by Crippen LogP contribution is -2.10. The molecule has 0 aromatic carbocycles. The first-order valence-corrected chi connectivity index (χ1v) is 9.41. The average Bonchev–Trinajstić information content (AvgIpc) is 2.14. The van der Waals surface area contributed by atoms with Gasteiger partial charge in [0.2, 0.25) is 0 Å². The topological polar surface area (TPSA) is 54.0 Å². The van der Waals surface area contributed by atoms with Crippen LogP contribution in [0.2, 0.25) is 0 Å². The van der Waals surface area contributed by atoms with E-state index >= 15 is 0 Å². The second-order valence-corrected chi connectivity index (χ2v) is 8.19. The molecule has 0 aliphatic carbocycles. The van der Waals surface area contributed by atoms with E-state index in [0.29, 0.717) is 13.2 Å². The van der Waals surface area contributed by atoms with Crippen LogP contribution < -0.4 is 0 Å². The third-order valence-electron chi connectivity index (χ3n) is 1.58. The maximum absolute atomic E-state index is 12.6. The van der Waals surface area contributed by atoms with E-state index in [-0.39, 0.29) is 26.5 Å². The standard InChI is InChI=1S/C11H26O5P2.B/c1-7-13-17(14-8-2)9-18(12,15-10(3)4)16-11(5)6;/h10-11H,7-9H2,1-6H3;. The van der Waals surface area contributed by atoms with Gasteiger partial charge in [-0.1, -0.05) is 0 Å². The summed E-state index contributed by atoms with van der Waals surface area (Å²) in [4.78, 5) is 0. The van der Waals surface area contributed by atoms with Gasteiger partial charge in [0.15, 0.2) is 8.38 Å². The van der Waals surface area contributed by atoms with Crippen molar-refractivity contribution in [2.24, 2.45) is 0 Å². The molecule has 0 spiro atoms. The molecule has 0 heterocycles. The highest BCUT2D eigenvalue weighted by atomic mass is 31.2. The van der Waals surface area contributed by atoms with E-state index in [9.17, 15) is 4.57 Å². The largest absolute Gasteiger partial charge is 0.340 e. The minimum Gasteiger partial charge on any atom is -0.334 e. The van der Waals surface area contributed by atoms with Crippen molar-refractivity contribution >= 4 is 24.4 Å². The fourth-order valence-electron chi connectivity index (χ4n) is 1.28. The Morgan fingerprint density at radius 3 is 1.58 bits per heavy atom. The summed E-state index contributed by atoms with van der Waals surface area (Å²) in [6, 6.07) is 0. The Kier molecular flexibility index (Phi) is 12.9. The minimum atomic E-state index is -3.17. The third kappa shape index (κ3) is 11.0. The van der Waals surface area contributed by atoms with E-state index < -0.39 is 16.0 Å². The SMILES string of the molecule is CCOP(CP(=O)(OC(C)C)OC(C)C)OCC.[B]. The summed E-state index contributed by atoms with van der Waals surface area (Å²) in [5.41, 5.74) is 0. The highest BCUT2D eigenvalue weighted by Crippen LogP contribution is 2.60. The van der Waals surface area contributed by atoms with E-state index in [0.717, 1.165) is 0 Å². The molecule has 0 N–H and O–H groups in total. The van der Waals surface area contributed by atoms with Crippen molar-refractivity contribution in [2.75, 3.05) is 19.1 Å². The van der Waals surface area contributed by atoms with Crippen LogP contribution in [0.15, 0.2) is 0 Å². The van der Waals surface area contributed by atoms with Gasteiger partial charge in [-0.25, -0.2) is 0 Å². The van der Waals surface area contributed by atoms with Crippen molar-refractivity contribution in [1.82, 2.24) is 0 Å². The van der Waals surface area contributed by atoms with Gasteiger partial charge in [-0.05, 0) is 41.5 Å². The smallest absolute Gasteiger partial charge is 0.334 e. The van der Waals surface area contributed by atoms with Crippen molar-refractivity contribution in [3.05, 3.63) is 0 Å². The molecule has 113 valence electrons. The number of hydrogen-bond acceptors (Lipinski definition) is 5. The molecule has 0 saturated carbocycles. The maximum Gasteiger partial charge on any atom is 0.340 e. The van der Waals surface area contributed by atoms with E-state index in [1.165, 1.54) is 0 Å². The fourth-order valence-corrected chi connectivity index (χ4v) is 5.59. The van der Waals surface area contributed by atoms with Crippen LogP contribution in [0.5, 0.6) is 0 Å². The molecule has 0 saturated heterocycles. The zero-order valence-electron chi connectivity index (χ0n) is 12.8. The Hall–Kier alpha value is 0.565. The van der Waals surface area contributed by atoms with Crippen molar-refractivity contribution in [3.63, 3.8) is 0 Å². The molecule has 0 amide bonds. The molecule has 0 fully saturated rings. The van der Waals surface area contributed by atoms with Crippen molar-refractivity contribution < 1.29 is 22.7 Å². The Balaban J connectivity index is 0. The lowest BCUT2D eigenvalue weighted by Gasteiger charge is -2.25. The maximum atomic E-state index is 12.6. The summed E-state index contributed by atoms with van der Waals surface area (Å²) in [5.74, 6) is 0.181. The third-order valence-corrected chi connectivity index (χ3v) is 6.47. The van der Waals surface area contributed by atoms with Crippen LogP contribution in [0.4, 0.5) is 0 Å². The summed E-state index contributed by atoms with van der Waals surface area (Å²) in [7, 11) is -4.39. The fraction of sp³-hybridized carbons (Fsp3) is 1.00. The van der Waals surface area contributed by atoms with Crippen LogP contribution in [0.25, 0.3) is 0 Å². The van der Waals surface area contributed by atoms with Gasteiger partial charge in [0.05, 0.1) is 25.4 Å². The number of rotatable bonds is 10. The molecule has 0 aliphatic heterocycles. The molecule has 3 radical (unpaired) electrons. The van der Waals surface area contributed by atoms with Crippen LogP contribution >= 0.6 is 16.0 Å². The van der Waals surface area contributed by atoms with E-state index in [4.69, 9.17) is 18.1 Å². The summed E-state index contributed by atoms with van der Waals surface area (Å²) in [6.45, 7) is 12.1. The molecule has 5 nitrogen and oxygen atoms in total. The molecule has 0 rings (SSSR count). The highest BCUT2D eigenvalue weighted by Gasteiger charge is 2.33. The Morgan fingerprint density at radius 2 is 1.32 bits per heavy atom. The molecule has 8 heteroatoms. The van der Waals surface area contributed by atoms with Crippen LogP contribution in [-0.2, 0) is 22.7 Å². The Labute approximate surface area is 120 Å². The average molecular weight is 311 g/mol. The molecule has 0 aromatic heterocycles. The first-order chi connectivity index (χ1) is 8.33. The van der Waals surface area contributed by atoms with Gasteiger partial charge in [-0.15, -0.1) is 0 Å². The molecule has 0 unspecified atom stereocenters. The van der Waals surface area contributed by atoms with Crippen molar-refractivity contribution in [2.45, 2.75) is 53.8 Å². The summed E-state index contributed by atoms with van der Waals surface area (Å²) >= 11 is 0. The first-order valence-electron chi connectivity index (χ1n) is 6.32. The van der Waals surface area contributed by atoms with E-state index in [1.54, 1.807) is 0 Å². The van der Waals surface area contributed by atoms with E-state index in [2.05, 4.69) is 0 Å². The Bertz CT molecular complexity index is 243. The predicted octanol–water partition coefficient (Wildman–Crippen LogP) is 3.99. The first kappa shape index (κ1) is 21.9. The predicted molar refractivity (Wildman–Crippen MR) is 80.8 cm³/mol.